The number of carbonyl (C=O) groups is 4. The van der Waals surface area contributed by atoms with Crippen LogP contribution in [0.3, 0.4) is 0 Å². The number of carbonyl (C=O) groups excluding carboxylic acids is 4. The molecule has 3 aliphatic heterocycles. The number of likely N-dealkylation sites (tertiary alicyclic amines) is 1. The number of anilines is 1. The SMILES string of the molecule is NC(=O)C1CCN(C2NC(=O)C3C(NC(=O)CC3C(=O)Nc3cccc(Cl)c3Cl)N2)CC1. The number of nitrogens with one attached hydrogen (secondary N) is 4. The molecule has 3 aliphatic rings. The number of halogens is 2. The predicted octanol–water partition coefficient (Wildman–Crippen LogP) is 0.211. The van der Waals surface area contributed by atoms with Crippen LogP contribution in [0.25, 0.3) is 0 Å². The first-order valence-electron chi connectivity index (χ1n) is 10.4. The highest BCUT2D eigenvalue weighted by Gasteiger charge is 2.49. The summed E-state index contributed by atoms with van der Waals surface area (Å²) in [7, 11) is 0. The molecule has 1 aromatic carbocycles. The van der Waals surface area contributed by atoms with E-state index in [1.807, 2.05) is 4.90 Å². The topological polar surface area (TPSA) is 146 Å². The minimum Gasteiger partial charge on any atom is -0.369 e. The van der Waals surface area contributed by atoms with Gasteiger partial charge in [0.25, 0.3) is 0 Å². The summed E-state index contributed by atoms with van der Waals surface area (Å²) < 4.78 is 0. The summed E-state index contributed by atoms with van der Waals surface area (Å²) in [5, 5.41) is 12.0. The van der Waals surface area contributed by atoms with Gasteiger partial charge in [-0.2, -0.15) is 0 Å². The van der Waals surface area contributed by atoms with E-state index in [2.05, 4.69) is 21.3 Å². The van der Waals surface area contributed by atoms with E-state index >= 15 is 0 Å². The third-order valence-electron chi connectivity index (χ3n) is 6.28. The molecular formula is C20H24Cl2N6O4. The molecule has 32 heavy (non-hydrogen) atoms. The molecular weight excluding hydrogens is 459 g/mol. The number of fused-ring (bicyclic) bond motifs is 1. The van der Waals surface area contributed by atoms with Gasteiger partial charge >= 0.3 is 0 Å². The van der Waals surface area contributed by atoms with Crippen LogP contribution in [0.5, 0.6) is 0 Å². The monoisotopic (exact) mass is 482 g/mol. The molecule has 12 heteroatoms. The van der Waals surface area contributed by atoms with Crippen molar-refractivity contribution >= 4 is 52.5 Å². The fourth-order valence-electron chi connectivity index (χ4n) is 4.52. The number of amides is 4. The van der Waals surface area contributed by atoms with Crippen LogP contribution in [0, 0.1) is 17.8 Å². The first-order valence-corrected chi connectivity index (χ1v) is 11.1. The van der Waals surface area contributed by atoms with Crippen LogP contribution in [0.15, 0.2) is 18.2 Å². The zero-order valence-corrected chi connectivity index (χ0v) is 18.6. The lowest BCUT2D eigenvalue weighted by Gasteiger charge is -2.47. The fraction of sp³-hybridized carbons (Fsp3) is 0.500. The Morgan fingerprint density at radius 1 is 1.12 bits per heavy atom. The molecule has 3 saturated heterocycles. The van der Waals surface area contributed by atoms with Crippen LogP contribution in [0.2, 0.25) is 10.0 Å². The Kier molecular flexibility index (Phi) is 6.57. The van der Waals surface area contributed by atoms with E-state index in [0.29, 0.717) is 31.6 Å². The molecule has 3 fully saturated rings. The van der Waals surface area contributed by atoms with E-state index in [1.165, 1.54) is 0 Å². The van der Waals surface area contributed by atoms with Crippen LogP contribution in [-0.2, 0) is 19.2 Å². The van der Waals surface area contributed by atoms with Crippen molar-refractivity contribution in [3.63, 3.8) is 0 Å². The average Bonchev–Trinajstić information content (AvgIpc) is 2.76. The average molecular weight is 483 g/mol. The molecule has 0 spiro atoms. The van der Waals surface area contributed by atoms with Crippen molar-refractivity contribution in [1.29, 1.82) is 0 Å². The molecule has 0 radical (unpaired) electrons. The molecule has 3 heterocycles. The predicted molar refractivity (Wildman–Crippen MR) is 117 cm³/mol. The van der Waals surface area contributed by atoms with Gasteiger partial charge in [-0.15, -0.1) is 0 Å². The minimum atomic E-state index is -0.891. The smallest absolute Gasteiger partial charge is 0.229 e. The molecule has 10 nitrogen and oxygen atoms in total. The lowest BCUT2D eigenvalue weighted by Crippen LogP contribution is -2.74. The van der Waals surface area contributed by atoms with Crippen LogP contribution in [0.1, 0.15) is 19.3 Å². The van der Waals surface area contributed by atoms with Crippen molar-refractivity contribution in [2.24, 2.45) is 23.5 Å². The molecule has 0 saturated carbocycles. The third-order valence-corrected chi connectivity index (χ3v) is 7.10. The van der Waals surface area contributed by atoms with Crippen LogP contribution in [-0.4, -0.2) is 54.1 Å². The van der Waals surface area contributed by atoms with Gasteiger partial charge in [-0.1, -0.05) is 29.3 Å². The number of hydrogen-bond donors (Lipinski definition) is 5. The van der Waals surface area contributed by atoms with E-state index in [1.54, 1.807) is 18.2 Å². The quantitative estimate of drug-likeness (QED) is 0.414. The van der Waals surface area contributed by atoms with Gasteiger partial charge in [0.1, 0.15) is 6.29 Å². The summed E-state index contributed by atoms with van der Waals surface area (Å²) in [6, 6.07) is 4.83. The second-order valence-electron chi connectivity index (χ2n) is 8.26. The van der Waals surface area contributed by atoms with E-state index in [0.717, 1.165) is 0 Å². The summed E-state index contributed by atoms with van der Waals surface area (Å²) in [5.41, 5.74) is 5.70. The van der Waals surface area contributed by atoms with E-state index in [-0.39, 0.29) is 40.1 Å². The first kappa shape index (κ1) is 22.8. The van der Waals surface area contributed by atoms with Crippen LogP contribution >= 0.6 is 23.2 Å². The Morgan fingerprint density at radius 3 is 2.53 bits per heavy atom. The molecule has 0 aliphatic carbocycles. The number of nitrogens with zero attached hydrogens (tertiary/aromatic N) is 1. The van der Waals surface area contributed by atoms with Crippen molar-refractivity contribution < 1.29 is 19.2 Å². The van der Waals surface area contributed by atoms with Gasteiger partial charge in [0.15, 0.2) is 0 Å². The molecule has 172 valence electrons. The second kappa shape index (κ2) is 9.22. The number of piperidine rings is 2. The van der Waals surface area contributed by atoms with Crippen molar-refractivity contribution in [2.45, 2.75) is 31.7 Å². The van der Waals surface area contributed by atoms with Crippen molar-refractivity contribution in [3.05, 3.63) is 28.2 Å². The maximum Gasteiger partial charge on any atom is 0.229 e. The molecule has 4 atom stereocenters. The summed E-state index contributed by atoms with van der Waals surface area (Å²) in [6.45, 7) is 1.13. The van der Waals surface area contributed by atoms with Gasteiger partial charge in [-0.05, 0) is 25.0 Å². The van der Waals surface area contributed by atoms with Gasteiger partial charge in [-0.3, -0.25) is 29.4 Å². The summed E-state index contributed by atoms with van der Waals surface area (Å²) in [4.78, 5) is 51.7. The fourth-order valence-corrected chi connectivity index (χ4v) is 4.87. The van der Waals surface area contributed by atoms with Crippen molar-refractivity contribution in [3.8, 4) is 0 Å². The Bertz CT molecular complexity index is 952. The van der Waals surface area contributed by atoms with Crippen LogP contribution in [0.4, 0.5) is 5.69 Å². The first-order chi connectivity index (χ1) is 15.2. The Hall–Kier alpha value is -2.40. The Labute approximate surface area is 194 Å². The minimum absolute atomic E-state index is 0.130. The van der Waals surface area contributed by atoms with Gasteiger partial charge in [-0.25, -0.2) is 0 Å². The second-order valence-corrected chi connectivity index (χ2v) is 9.05. The van der Waals surface area contributed by atoms with Crippen molar-refractivity contribution in [1.82, 2.24) is 20.9 Å². The zero-order valence-electron chi connectivity index (χ0n) is 17.1. The van der Waals surface area contributed by atoms with Gasteiger partial charge < -0.3 is 21.7 Å². The molecule has 0 bridgehead atoms. The highest BCUT2D eigenvalue weighted by molar-refractivity contribution is 6.44. The number of benzene rings is 1. The van der Waals surface area contributed by atoms with E-state index in [4.69, 9.17) is 28.9 Å². The molecule has 4 amide bonds. The maximum atomic E-state index is 13.0. The molecule has 6 N–H and O–H groups in total. The molecule has 4 rings (SSSR count). The van der Waals surface area contributed by atoms with Gasteiger partial charge in [0, 0.05) is 25.4 Å². The highest BCUT2D eigenvalue weighted by atomic mass is 35.5. The molecule has 0 aromatic heterocycles. The van der Waals surface area contributed by atoms with Crippen LogP contribution < -0.4 is 27.0 Å². The third kappa shape index (κ3) is 4.54. The standard InChI is InChI=1S/C20H24Cl2N6O4/c21-11-2-1-3-12(15(11)22)24-18(31)10-8-13(29)25-17-14(10)19(32)27-20(26-17)28-6-4-9(5-7-28)16(23)30/h1-3,9-10,14,17,20,26H,4-8H2,(H2,23,30)(H,24,31)(H,25,29)(H,27,32). The Balaban J connectivity index is 1.46. The number of nitrogens with two attached hydrogens (primary N) is 1. The van der Waals surface area contributed by atoms with Crippen molar-refractivity contribution in [2.75, 3.05) is 18.4 Å². The molecule has 1 aromatic rings. The number of hydrogen-bond acceptors (Lipinski definition) is 6. The highest BCUT2D eigenvalue weighted by Crippen LogP contribution is 2.32. The Morgan fingerprint density at radius 2 is 1.84 bits per heavy atom. The maximum absolute atomic E-state index is 13.0. The number of rotatable bonds is 4. The van der Waals surface area contributed by atoms with E-state index < -0.39 is 30.2 Å². The summed E-state index contributed by atoms with van der Waals surface area (Å²) >= 11 is 12.2. The summed E-state index contributed by atoms with van der Waals surface area (Å²) in [5.74, 6) is -3.36. The van der Waals surface area contributed by atoms with E-state index in [9.17, 15) is 19.2 Å². The summed E-state index contributed by atoms with van der Waals surface area (Å²) in [6.07, 6.45) is -0.184. The molecule has 4 unspecified atom stereocenters. The normalized spacial score (nSPS) is 28.9. The zero-order chi connectivity index (χ0) is 23.0. The van der Waals surface area contributed by atoms with Gasteiger partial charge in [0.2, 0.25) is 23.6 Å². The lowest BCUT2D eigenvalue weighted by molar-refractivity contribution is -0.148. The number of primary amides is 1. The lowest BCUT2D eigenvalue weighted by atomic mass is 9.81. The van der Waals surface area contributed by atoms with Gasteiger partial charge in [0.05, 0.1) is 33.7 Å². The largest absolute Gasteiger partial charge is 0.369 e.